The van der Waals surface area contributed by atoms with E-state index in [0.717, 1.165) is 13.1 Å². The van der Waals surface area contributed by atoms with Crippen molar-refractivity contribution in [3.8, 4) is 6.07 Å². The Labute approximate surface area is 78.9 Å². The van der Waals surface area contributed by atoms with Crippen molar-refractivity contribution in [1.29, 1.82) is 5.26 Å². The molecule has 0 bridgehead atoms. The Bertz CT molecular complexity index is 146. The maximum atomic E-state index is 8.46. The summed E-state index contributed by atoms with van der Waals surface area (Å²) in [5.74, 6) is 0. The van der Waals surface area contributed by atoms with Gasteiger partial charge in [0.15, 0.2) is 0 Å². The van der Waals surface area contributed by atoms with E-state index in [1.165, 1.54) is 0 Å². The van der Waals surface area contributed by atoms with Gasteiger partial charge in [-0.25, -0.2) is 0 Å². The molecule has 0 aromatic heterocycles. The second-order valence-corrected chi connectivity index (χ2v) is 3.01. The van der Waals surface area contributed by atoms with Crippen LogP contribution in [0, 0.1) is 11.3 Å². The molecule has 0 aliphatic carbocycles. The Morgan fingerprint density at radius 1 is 1.67 bits per heavy atom. The second kappa shape index (κ2) is 7.35. The second-order valence-electron chi connectivity index (χ2n) is 2.48. The van der Waals surface area contributed by atoms with E-state index in [2.05, 4.69) is 4.90 Å². The molecule has 0 aromatic rings. The molecule has 0 saturated heterocycles. The van der Waals surface area contributed by atoms with Crippen molar-refractivity contribution in [1.82, 2.24) is 4.90 Å². The quantitative estimate of drug-likeness (QED) is 0.589. The molecule has 0 fully saturated rings. The molecule has 0 radical (unpaired) electrons. The van der Waals surface area contributed by atoms with Crippen LogP contribution >= 0.6 is 11.6 Å². The summed E-state index contributed by atoms with van der Waals surface area (Å²) in [5.41, 5.74) is 0. The van der Waals surface area contributed by atoms with E-state index in [9.17, 15) is 0 Å². The molecule has 0 rings (SSSR count). The number of hydrogen-bond donors (Lipinski definition) is 0. The molecule has 0 heterocycles. The van der Waals surface area contributed by atoms with Crippen LogP contribution in [0.1, 0.15) is 6.92 Å². The average molecular weight is 191 g/mol. The summed E-state index contributed by atoms with van der Waals surface area (Å²) in [4.78, 5) is 2.09. The van der Waals surface area contributed by atoms with E-state index in [4.69, 9.17) is 21.6 Å². The average Bonchev–Trinajstić information content (AvgIpc) is 2.11. The maximum Gasteiger partial charge on any atom is 0.133 e. The van der Waals surface area contributed by atoms with Crippen LogP contribution < -0.4 is 0 Å². The van der Waals surface area contributed by atoms with E-state index in [1.54, 1.807) is 7.11 Å². The number of methoxy groups -OCH3 is 1. The van der Waals surface area contributed by atoms with Crippen molar-refractivity contribution in [3.05, 3.63) is 0 Å². The van der Waals surface area contributed by atoms with E-state index in [1.807, 2.05) is 13.0 Å². The first-order valence-corrected chi connectivity index (χ1v) is 4.43. The number of ether oxygens (including phenoxy) is 1. The van der Waals surface area contributed by atoms with Crippen molar-refractivity contribution in [3.63, 3.8) is 0 Å². The summed E-state index contributed by atoms with van der Waals surface area (Å²) in [7, 11) is 1.66. The number of nitriles is 1. The first-order chi connectivity index (χ1) is 5.74. The molecule has 0 N–H and O–H groups in total. The van der Waals surface area contributed by atoms with Crippen molar-refractivity contribution in [2.75, 3.05) is 33.4 Å². The molecular weight excluding hydrogens is 176 g/mol. The number of likely N-dealkylation sites (N-methyl/N-ethyl adjacent to an activating group) is 1. The van der Waals surface area contributed by atoms with Crippen LogP contribution in [0.25, 0.3) is 0 Å². The fraction of sp³-hybridized carbons (Fsp3) is 0.875. The predicted molar refractivity (Wildman–Crippen MR) is 49.2 cm³/mol. The molecule has 0 amide bonds. The van der Waals surface area contributed by atoms with Crippen LogP contribution in [0.4, 0.5) is 0 Å². The lowest BCUT2D eigenvalue weighted by Gasteiger charge is -2.19. The minimum Gasteiger partial charge on any atom is -0.383 e. The normalized spacial score (nSPS) is 12.9. The molecule has 0 aliphatic heterocycles. The summed E-state index contributed by atoms with van der Waals surface area (Å²) in [6.07, 6.45) is 0. The van der Waals surface area contributed by atoms with Gasteiger partial charge in [-0.1, -0.05) is 6.92 Å². The monoisotopic (exact) mass is 190 g/mol. The topological polar surface area (TPSA) is 36.3 Å². The van der Waals surface area contributed by atoms with Crippen LogP contribution in [0.5, 0.6) is 0 Å². The number of rotatable bonds is 6. The first kappa shape index (κ1) is 11.7. The lowest BCUT2D eigenvalue weighted by molar-refractivity contribution is 0.152. The molecule has 1 unspecified atom stereocenters. The highest BCUT2D eigenvalue weighted by Gasteiger charge is 2.08. The highest BCUT2D eigenvalue weighted by molar-refractivity contribution is 6.22. The maximum absolute atomic E-state index is 8.46. The molecule has 3 nitrogen and oxygen atoms in total. The number of halogens is 1. The lowest BCUT2D eigenvalue weighted by atomic mass is 10.4. The summed E-state index contributed by atoms with van der Waals surface area (Å²) in [6, 6.07) is 1.99. The third-order valence-corrected chi connectivity index (χ3v) is 1.85. The molecule has 1 atom stereocenters. The largest absolute Gasteiger partial charge is 0.383 e. The van der Waals surface area contributed by atoms with E-state index < -0.39 is 5.38 Å². The highest BCUT2D eigenvalue weighted by Crippen LogP contribution is 1.98. The van der Waals surface area contributed by atoms with Gasteiger partial charge in [0.2, 0.25) is 0 Å². The van der Waals surface area contributed by atoms with E-state index in [0.29, 0.717) is 13.2 Å². The van der Waals surface area contributed by atoms with Gasteiger partial charge >= 0.3 is 0 Å². The summed E-state index contributed by atoms with van der Waals surface area (Å²) in [6.45, 7) is 5.06. The van der Waals surface area contributed by atoms with E-state index >= 15 is 0 Å². The Morgan fingerprint density at radius 3 is 2.75 bits per heavy atom. The standard InChI is InChI=1S/C8H15ClN2O/c1-3-11(4-5-12-2)7-8(9)6-10/h8H,3-5,7H2,1-2H3. The Kier molecular flexibility index (Phi) is 7.17. The molecule has 4 heteroatoms. The SMILES string of the molecule is CCN(CCOC)CC(Cl)C#N. The van der Waals surface area contributed by atoms with Gasteiger partial charge in [-0.15, -0.1) is 11.6 Å². The smallest absolute Gasteiger partial charge is 0.133 e. The van der Waals surface area contributed by atoms with Crippen LogP contribution in [-0.2, 0) is 4.74 Å². The van der Waals surface area contributed by atoms with E-state index in [-0.39, 0.29) is 0 Å². The molecule has 0 aromatic carbocycles. The predicted octanol–water partition coefficient (Wildman–Crippen LogP) is 1.09. The Morgan fingerprint density at radius 2 is 2.33 bits per heavy atom. The minimum atomic E-state index is -0.415. The number of nitrogens with zero attached hydrogens (tertiary/aromatic N) is 2. The molecule has 0 saturated carbocycles. The van der Waals surface area contributed by atoms with Gasteiger partial charge in [0, 0.05) is 20.2 Å². The Hall–Kier alpha value is -0.300. The van der Waals surface area contributed by atoms with Gasteiger partial charge in [-0.2, -0.15) is 5.26 Å². The fourth-order valence-electron chi connectivity index (χ4n) is 0.866. The highest BCUT2D eigenvalue weighted by atomic mass is 35.5. The zero-order chi connectivity index (χ0) is 9.40. The van der Waals surface area contributed by atoms with Crippen LogP contribution in [-0.4, -0.2) is 43.6 Å². The third-order valence-electron chi connectivity index (χ3n) is 1.62. The number of alkyl halides is 1. The van der Waals surface area contributed by atoms with Crippen LogP contribution in [0.2, 0.25) is 0 Å². The van der Waals surface area contributed by atoms with Gasteiger partial charge in [-0.3, -0.25) is 4.90 Å². The number of hydrogen-bond acceptors (Lipinski definition) is 3. The van der Waals surface area contributed by atoms with Crippen molar-refractivity contribution >= 4 is 11.6 Å². The van der Waals surface area contributed by atoms with Crippen molar-refractivity contribution < 1.29 is 4.74 Å². The molecule has 12 heavy (non-hydrogen) atoms. The molecule has 0 spiro atoms. The fourth-order valence-corrected chi connectivity index (χ4v) is 1.06. The van der Waals surface area contributed by atoms with Gasteiger partial charge in [0.25, 0.3) is 0 Å². The van der Waals surface area contributed by atoms with Crippen LogP contribution in [0.15, 0.2) is 0 Å². The van der Waals surface area contributed by atoms with Gasteiger partial charge in [0.05, 0.1) is 12.7 Å². The Balaban J connectivity index is 3.60. The molecular formula is C8H15ClN2O. The van der Waals surface area contributed by atoms with Crippen molar-refractivity contribution in [2.45, 2.75) is 12.3 Å². The van der Waals surface area contributed by atoms with Crippen LogP contribution in [0.3, 0.4) is 0 Å². The van der Waals surface area contributed by atoms with Crippen molar-refractivity contribution in [2.24, 2.45) is 0 Å². The third kappa shape index (κ3) is 5.36. The summed E-state index contributed by atoms with van der Waals surface area (Å²) in [5, 5.41) is 8.05. The molecule has 0 aliphatic rings. The van der Waals surface area contributed by atoms with Gasteiger partial charge in [-0.05, 0) is 6.54 Å². The molecule has 70 valence electrons. The first-order valence-electron chi connectivity index (χ1n) is 3.99. The summed E-state index contributed by atoms with van der Waals surface area (Å²) < 4.78 is 4.92. The van der Waals surface area contributed by atoms with Gasteiger partial charge in [0.1, 0.15) is 5.38 Å². The summed E-state index contributed by atoms with van der Waals surface area (Å²) >= 11 is 5.67. The lowest BCUT2D eigenvalue weighted by Crippen LogP contribution is -2.32. The van der Waals surface area contributed by atoms with Gasteiger partial charge < -0.3 is 4.74 Å². The zero-order valence-electron chi connectivity index (χ0n) is 7.59. The minimum absolute atomic E-state index is 0.415. The zero-order valence-corrected chi connectivity index (χ0v) is 8.34.